The summed E-state index contributed by atoms with van der Waals surface area (Å²) in [6.45, 7) is 10.0. The van der Waals surface area contributed by atoms with E-state index >= 15 is 0 Å². The average molecular weight is 383 g/mol. The van der Waals surface area contributed by atoms with Gasteiger partial charge in [-0.05, 0) is 30.0 Å². The maximum Gasteiger partial charge on any atom is 0.328 e. The van der Waals surface area contributed by atoms with Crippen LogP contribution in [0.5, 0.6) is 0 Å². The Morgan fingerprint density at radius 2 is 1.93 bits per heavy atom. The van der Waals surface area contributed by atoms with Crippen molar-refractivity contribution in [2.75, 3.05) is 31.6 Å². The first-order valence-electron chi connectivity index (χ1n) is 10.0. The number of nitrogens with one attached hydrogen (secondary N) is 1. The molecule has 7 nitrogen and oxygen atoms in total. The molecule has 3 amide bonds. The number of benzene rings is 1. The Morgan fingerprint density at radius 3 is 2.57 bits per heavy atom. The van der Waals surface area contributed by atoms with E-state index in [9.17, 15) is 9.59 Å². The van der Waals surface area contributed by atoms with Gasteiger partial charge >= 0.3 is 6.03 Å². The Bertz CT molecular complexity index is 780. The zero-order valence-electron chi connectivity index (χ0n) is 16.8. The van der Waals surface area contributed by atoms with E-state index in [0.717, 1.165) is 25.2 Å². The minimum absolute atomic E-state index is 0.110. The number of hydrogen-bond acceptors (Lipinski definition) is 5. The highest BCUT2D eigenvalue weighted by Gasteiger charge is 2.56. The Balaban J connectivity index is 1.67. The Morgan fingerprint density at radius 1 is 1.21 bits per heavy atom. The van der Waals surface area contributed by atoms with E-state index < -0.39 is 0 Å². The molecule has 3 aliphatic rings. The topological polar surface area (TPSA) is 59.1 Å². The van der Waals surface area contributed by atoms with Gasteiger partial charge in [-0.25, -0.2) is 4.79 Å². The Labute approximate surface area is 166 Å². The third-order valence-corrected chi connectivity index (χ3v) is 6.07. The minimum Gasteiger partial charge on any atom is -0.343 e. The number of hydrogen-bond donors (Lipinski definition) is 1. The highest BCUT2D eigenvalue weighted by atomic mass is 16.2. The fourth-order valence-electron chi connectivity index (χ4n) is 4.64. The highest BCUT2D eigenvalue weighted by Crippen LogP contribution is 2.34. The third kappa shape index (κ3) is 2.89. The molecule has 3 saturated heterocycles. The van der Waals surface area contributed by atoms with Gasteiger partial charge in [0, 0.05) is 32.4 Å². The molecule has 3 aliphatic heterocycles. The maximum absolute atomic E-state index is 13.2. The fraction of sp³-hybridized carbons (Fsp3) is 0.524. The van der Waals surface area contributed by atoms with Crippen LogP contribution < -0.4 is 10.2 Å². The Hall–Kier alpha value is -2.38. The summed E-state index contributed by atoms with van der Waals surface area (Å²) in [6, 6.07) is 7.97. The van der Waals surface area contributed by atoms with Crippen molar-refractivity contribution in [2.24, 2.45) is 5.92 Å². The predicted octanol–water partition coefficient (Wildman–Crippen LogP) is 1.67. The van der Waals surface area contributed by atoms with Gasteiger partial charge in [0.2, 0.25) is 0 Å². The molecule has 28 heavy (non-hydrogen) atoms. The number of urea groups is 1. The molecule has 3 fully saturated rings. The van der Waals surface area contributed by atoms with Gasteiger partial charge in [0.15, 0.2) is 0 Å². The van der Waals surface area contributed by atoms with Crippen LogP contribution in [0.2, 0.25) is 0 Å². The van der Waals surface area contributed by atoms with Gasteiger partial charge < -0.3 is 9.80 Å². The fourth-order valence-corrected chi connectivity index (χ4v) is 4.64. The van der Waals surface area contributed by atoms with Gasteiger partial charge in [0.25, 0.3) is 5.91 Å². The number of anilines is 1. The van der Waals surface area contributed by atoms with Crippen molar-refractivity contribution in [3.05, 3.63) is 42.5 Å². The van der Waals surface area contributed by atoms with Crippen molar-refractivity contribution in [3.8, 4) is 0 Å². The first kappa shape index (κ1) is 19.0. The van der Waals surface area contributed by atoms with Crippen LogP contribution in [0.25, 0.3) is 0 Å². The predicted molar refractivity (Wildman–Crippen MR) is 109 cm³/mol. The molecule has 0 aromatic heterocycles. The summed E-state index contributed by atoms with van der Waals surface area (Å²) in [4.78, 5) is 33.3. The van der Waals surface area contributed by atoms with E-state index in [4.69, 9.17) is 0 Å². The second-order valence-corrected chi connectivity index (χ2v) is 8.04. The van der Waals surface area contributed by atoms with Gasteiger partial charge in [0.05, 0.1) is 0 Å². The molecule has 1 aromatic rings. The van der Waals surface area contributed by atoms with Crippen molar-refractivity contribution in [2.45, 2.75) is 38.8 Å². The number of nitrogens with zero attached hydrogens (tertiary/aromatic N) is 4. The molecule has 0 radical (unpaired) electrons. The molecule has 7 heteroatoms. The van der Waals surface area contributed by atoms with Crippen LogP contribution in [0.1, 0.15) is 19.4 Å². The smallest absolute Gasteiger partial charge is 0.328 e. The maximum atomic E-state index is 13.2. The van der Waals surface area contributed by atoms with Crippen LogP contribution in [0, 0.1) is 5.92 Å². The number of aryl methyl sites for hydroxylation is 1. The standard InChI is InChI=1S/C21H29N5O2/c1-5-11-24-19(27)17-18(23(4)21(24)28)22-20-25(12-14(3)13-26(17)20)16-9-7-15(6-2)8-10-16/h5,7-10,14,17-18,20,22H,1,6,11-13H2,2-4H3. The van der Waals surface area contributed by atoms with Gasteiger partial charge in [-0.3, -0.25) is 19.9 Å². The molecular formula is C21H29N5O2. The van der Waals surface area contributed by atoms with E-state index in [1.54, 1.807) is 18.0 Å². The molecule has 0 saturated carbocycles. The van der Waals surface area contributed by atoms with Crippen molar-refractivity contribution in [1.29, 1.82) is 0 Å². The second-order valence-electron chi connectivity index (χ2n) is 8.04. The molecule has 4 rings (SSSR count). The zero-order valence-corrected chi connectivity index (χ0v) is 16.8. The summed E-state index contributed by atoms with van der Waals surface area (Å²) in [7, 11) is 1.76. The molecule has 3 heterocycles. The molecular weight excluding hydrogens is 354 g/mol. The first-order chi connectivity index (χ1) is 13.5. The van der Waals surface area contributed by atoms with Crippen molar-refractivity contribution < 1.29 is 9.59 Å². The molecule has 4 unspecified atom stereocenters. The van der Waals surface area contributed by atoms with Gasteiger partial charge in [0.1, 0.15) is 18.5 Å². The monoisotopic (exact) mass is 383 g/mol. The Kier molecular flexibility index (Phi) is 4.89. The van der Waals surface area contributed by atoms with Gasteiger partial charge in [-0.2, -0.15) is 0 Å². The van der Waals surface area contributed by atoms with Gasteiger partial charge in [-0.1, -0.05) is 32.1 Å². The second kappa shape index (κ2) is 7.22. The lowest BCUT2D eigenvalue weighted by Gasteiger charge is -2.46. The lowest BCUT2D eigenvalue weighted by atomic mass is 10.0. The first-order valence-corrected chi connectivity index (χ1v) is 10.0. The summed E-state index contributed by atoms with van der Waals surface area (Å²) >= 11 is 0. The largest absolute Gasteiger partial charge is 0.343 e. The molecule has 0 aliphatic carbocycles. The van der Waals surface area contributed by atoms with Gasteiger partial charge in [-0.15, -0.1) is 6.58 Å². The van der Waals surface area contributed by atoms with Crippen molar-refractivity contribution >= 4 is 17.6 Å². The average Bonchev–Trinajstić information content (AvgIpc) is 3.08. The summed E-state index contributed by atoms with van der Waals surface area (Å²) in [5, 5.41) is 3.55. The minimum atomic E-state index is -0.382. The zero-order chi connectivity index (χ0) is 20.0. The molecule has 0 spiro atoms. The number of likely N-dealkylation sites (N-methyl/N-ethyl adjacent to an activating group) is 1. The number of carbonyl (C=O) groups excluding carboxylic acids is 2. The van der Waals surface area contributed by atoms with Crippen LogP contribution in [0.4, 0.5) is 10.5 Å². The van der Waals surface area contributed by atoms with Crippen LogP contribution >= 0.6 is 0 Å². The van der Waals surface area contributed by atoms with Crippen molar-refractivity contribution in [1.82, 2.24) is 20.0 Å². The molecule has 0 bridgehead atoms. The molecule has 1 N–H and O–H groups in total. The molecule has 150 valence electrons. The van der Waals surface area contributed by atoms with E-state index in [0.29, 0.717) is 5.92 Å². The summed E-state index contributed by atoms with van der Waals surface area (Å²) in [6.07, 6.45) is 2.18. The van der Waals surface area contributed by atoms with Crippen molar-refractivity contribution in [3.63, 3.8) is 0 Å². The number of fused-ring (bicyclic) bond motifs is 3. The number of amides is 3. The number of imide groups is 1. The summed E-state index contributed by atoms with van der Waals surface area (Å²) in [5.41, 5.74) is 2.44. The van der Waals surface area contributed by atoms with E-state index in [1.165, 1.54) is 10.5 Å². The highest BCUT2D eigenvalue weighted by molar-refractivity contribution is 6.00. The van der Waals surface area contributed by atoms with E-state index in [1.807, 2.05) is 0 Å². The quantitative estimate of drug-likeness (QED) is 0.802. The number of carbonyl (C=O) groups is 2. The van der Waals surface area contributed by atoms with E-state index in [-0.39, 0.29) is 37.0 Å². The molecule has 4 atom stereocenters. The van der Waals surface area contributed by atoms with E-state index in [2.05, 4.69) is 59.8 Å². The van der Waals surface area contributed by atoms with Crippen LogP contribution in [-0.2, 0) is 11.2 Å². The lowest BCUT2D eigenvalue weighted by Crippen LogP contribution is -2.66. The van der Waals surface area contributed by atoms with Crippen LogP contribution in [0.3, 0.4) is 0 Å². The SMILES string of the molecule is C=CCN1C(=O)C2C(NC3N(c4ccc(CC)cc4)CC(C)CN23)N(C)C1=O. The van der Waals surface area contributed by atoms with Crippen LogP contribution in [0.15, 0.2) is 36.9 Å². The molecule has 1 aromatic carbocycles. The summed E-state index contributed by atoms with van der Waals surface area (Å²) in [5.74, 6) is 0.268. The normalized spacial score (nSPS) is 30.5. The number of rotatable bonds is 4. The third-order valence-electron chi connectivity index (χ3n) is 6.07. The summed E-state index contributed by atoms with van der Waals surface area (Å²) < 4.78 is 0. The lowest BCUT2D eigenvalue weighted by molar-refractivity contribution is -0.138. The van der Waals surface area contributed by atoms with Crippen LogP contribution in [-0.4, -0.2) is 71.8 Å².